The van der Waals surface area contributed by atoms with Gasteiger partial charge in [-0.15, -0.1) is 6.42 Å². The summed E-state index contributed by atoms with van der Waals surface area (Å²) in [6, 6.07) is 20.7. The first kappa shape index (κ1) is 18.4. The molecule has 0 saturated carbocycles. The minimum Gasteiger partial charge on any atom is -0.496 e. The van der Waals surface area contributed by atoms with Gasteiger partial charge in [0.15, 0.2) is 0 Å². The number of terminal acetylenes is 1. The molecule has 0 aliphatic carbocycles. The van der Waals surface area contributed by atoms with Gasteiger partial charge in [0.05, 0.1) is 19.6 Å². The fourth-order valence-electron chi connectivity index (χ4n) is 3.37. The molecular formula is C25H18O4. The molecule has 0 radical (unpaired) electrons. The Morgan fingerprint density at radius 3 is 2.31 bits per heavy atom. The van der Waals surface area contributed by atoms with Crippen LogP contribution in [-0.2, 0) is 0 Å². The van der Waals surface area contributed by atoms with Crippen LogP contribution in [-0.4, -0.2) is 14.2 Å². The molecule has 1 heterocycles. The van der Waals surface area contributed by atoms with E-state index < -0.39 is 5.63 Å². The van der Waals surface area contributed by atoms with Crippen LogP contribution in [0.3, 0.4) is 0 Å². The molecule has 0 aliphatic rings. The lowest BCUT2D eigenvalue weighted by atomic mass is 9.96. The van der Waals surface area contributed by atoms with Crippen molar-refractivity contribution in [3.8, 4) is 46.1 Å². The van der Waals surface area contributed by atoms with E-state index in [9.17, 15) is 4.79 Å². The average molecular weight is 382 g/mol. The first-order chi connectivity index (χ1) is 14.1. The van der Waals surface area contributed by atoms with Crippen molar-refractivity contribution >= 4 is 11.0 Å². The number of fused-ring (bicyclic) bond motifs is 1. The Bertz CT molecular complexity index is 1290. The highest BCUT2D eigenvalue weighted by Gasteiger charge is 2.15. The summed E-state index contributed by atoms with van der Waals surface area (Å²) in [4.78, 5) is 12.2. The lowest BCUT2D eigenvalue weighted by molar-refractivity contribution is 0.396. The lowest BCUT2D eigenvalue weighted by Gasteiger charge is -2.12. The van der Waals surface area contributed by atoms with Crippen molar-refractivity contribution in [3.63, 3.8) is 0 Å². The molecule has 0 saturated heterocycles. The largest absolute Gasteiger partial charge is 0.496 e. The minimum absolute atomic E-state index is 0.410. The second kappa shape index (κ2) is 7.57. The van der Waals surface area contributed by atoms with Crippen LogP contribution >= 0.6 is 0 Å². The molecule has 0 N–H and O–H groups in total. The molecule has 4 rings (SSSR count). The van der Waals surface area contributed by atoms with E-state index in [0.29, 0.717) is 22.5 Å². The molecule has 1 aromatic heterocycles. The van der Waals surface area contributed by atoms with E-state index in [1.807, 2.05) is 48.5 Å². The Hall–Kier alpha value is -3.97. The van der Waals surface area contributed by atoms with Crippen molar-refractivity contribution in [2.75, 3.05) is 14.2 Å². The molecule has 142 valence electrons. The van der Waals surface area contributed by atoms with Gasteiger partial charge < -0.3 is 13.9 Å². The van der Waals surface area contributed by atoms with E-state index in [-0.39, 0.29) is 0 Å². The Morgan fingerprint density at radius 2 is 1.62 bits per heavy atom. The number of methoxy groups -OCH3 is 2. The van der Waals surface area contributed by atoms with E-state index in [2.05, 4.69) is 5.92 Å². The highest BCUT2D eigenvalue weighted by atomic mass is 16.5. The monoisotopic (exact) mass is 382 g/mol. The fraction of sp³-hybridized carbons (Fsp3) is 0.0800. The summed E-state index contributed by atoms with van der Waals surface area (Å²) in [6.07, 6.45) is 5.44. The normalized spacial score (nSPS) is 10.5. The van der Waals surface area contributed by atoms with E-state index >= 15 is 0 Å². The third kappa shape index (κ3) is 3.46. The number of hydrogen-bond acceptors (Lipinski definition) is 4. The van der Waals surface area contributed by atoms with E-state index in [1.165, 1.54) is 6.07 Å². The van der Waals surface area contributed by atoms with Crippen LogP contribution in [0.5, 0.6) is 11.5 Å². The van der Waals surface area contributed by atoms with E-state index in [0.717, 1.165) is 27.8 Å². The molecule has 0 spiro atoms. The summed E-state index contributed by atoms with van der Waals surface area (Å²) in [6.45, 7) is 0. The third-order valence-electron chi connectivity index (χ3n) is 4.80. The molecule has 0 unspecified atom stereocenters. The van der Waals surface area contributed by atoms with Crippen molar-refractivity contribution < 1.29 is 13.9 Å². The summed E-state index contributed by atoms with van der Waals surface area (Å²) in [5.74, 6) is 3.75. The molecule has 4 heteroatoms. The SMILES string of the molecule is C#Cc1ccc(-c2cccc(-c3cc(=O)oc4cc(OC)cc(OC)c34)c2)cc1. The smallest absolute Gasteiger partial charge is 0.336 e. The quantitative estimate of drug-likeness (QED) is 0.363. The second-order valence-electron chi connectivity index (χ2n) is 6.48. The van der Waals surface area contributed by atoms with Crippen LogP contribution in [0.4, 0.5) is 0 Å². The first-order valence-corrected chi connectivity index (χ1v) is 9.00. The highest BCUT2D eigenvalue weighted by molar-refractivity contribution is 5.99. The van der Waals surface area contributed by atoms with Gasteiger partial charge in [0.1, 0.15) is 17.1 Å². The molecule has 4 nitrogen and oxygen atoms in total. The van der Waals surface area contributed by atoms with Crippen LogP contribution < -0.4 is 15.1 Å². The van der Waals surface area contributed by atoms with Gasteiger partial charge >= 0.3 is 5.63 Å². The Balaban J connectivity index is 1.93. The van der Waals surface area contributed by atoms with Gasteiger partial charge in [0, 0.05) is 29.3 Å². The Morgan fingerprint density at radius 1 is 0.862 bits per heavy atom. The number of benzene rings is 3. The van der Waals surface area contributed by atoms with Gasteiger partial charge in [-0.3, -0.25) is 0 Å². The summed E-state index contributed by atoms with van der Waals surface area (Å²) in [7, 11) is 3.13. The van der Waals surface area contributed by atoms with Gasteiger partial charge in [-0.25, -0.2) is 4.79 Å². The predicted molar refractivity (Wildman–Crippen MR) is 114 cm³/mol. The van der Waals surface area contributed by atoms with Crippen LogP contribution in [0.15, 0.2) is 75.9 Å². The molecular weight excluding hydrogens is 364 g/mol. The molecule has 0 aliphatic heterocycles. The van der Waals surface area contributed by atoms with Gasteiger partial charge in [-0.2, -0.15) is 0 Å². The standard InChI is InChI=1S/C25H18O4/c1-4-16-8-10-17(11-9-16)18-6-5-7-19(12-18)21-15-24(26)29-23-14-20(27-2)13-22(28-3)25(21)23/h1,5-15H,2-3H3. The van der Waals surface area contributed by atoms with Gasteiger partial charge in [-0.05, 0) is 34.9 Å². The molecule has 0 amide bonds. The van der Waals surface area contributed by atoms with Gasteiger partial charge in [-0.1, -0.05) is 36.3 Å². The topological polar surface area (TPSA) is 48.7 Å². The van der Waals surface area contributed by atoms with Crippen molar-refractivity contribution in [3.05, 3.63) is 82.7 Å². The zero-order valence-corrected chi connectivity index (χ0v) is 16.1. The maximum Gasteiger partial charge on any atom is 0.336 e. The predicted octanol–water partition coefficient (Wildman–Crippen LogP) is 5.13. The molecule has 3 aromatic carbocycles. The molecule has 0 bridgehead atoms. The Labute approximate surface area is 168 Å². The fourth-order valence-corrected chi connectivity index (χ4v) is 3.37. The van der Waals surface area contributed by atoms with Crippen LogP contribution in [0.2, 0.25) is 0 Å². The van der Waals surface area contributed by atoms with Crippen molar-refractivity contribution in [2.24, 2.45) is 0 Å². The second-order valence-corrected chi connectivity index (χ2v) is 6.48. The van der Waals surface area contributed by atoms with Crippen molar-refractivity contribution in [1.82, 2.24) is 0 Å². The molecule has 0 fully saturated rings. The van der Waals surface area contributed by atoms with Crippen molar-refractivity contribution in [1.29, 1.82) is 0 Å². The van der Waals surface area contributed by atoms with Crippen LogP contribution in [0.25, 0.3) is 33.2 Å². The first-order valence-electron chi connectivity index (χ1n) is 9.00. The summed E-state index contributed by atoms with van der Waals surface area (Å²) < 4.78 is 16.3. The molecule has 0 atom stereocenters. The highest BCUT2D eigenvalue weighted by Crippen LogP contribution is 2.38. The van der Waals surface area contributed by atoms with E-state index in [4.69, 9.17) is 20.3 Å². The summed E-state index contributed by atoms with van der Waals surface area (Å²) >= 11 is 0. The molecule has 4 aromatic rings. The lowest BCUT2D eigenvalue weighted by Crippen LogP contribution is -2.00. The van der Waals surface area contributed by atoms with Crippen LogP contribution in [0, 0.1) is 12.3 Å². The Kier molecular flexibility index (Phi) is 4.80. The number of ether oxygens (including phenoxy) is 2. The number of hydrogen-bond donors (Lipinski definition) is 0. The van der Waals surface area contributed by atoms with E-state index in [1.54, 1.807) is 26.4 Å². The minimum atomic E-state index is -0.438. The zero-order chi connectivity index (χ0) is 20.4. The van der Waals surface area contributed by atoms with Gasteiger partial charge in [0.25, 0.3) is 0 Å². The van der Waals surface area contributed by atoms with Crippen LogP contribution in [0.1, 0.15) is 5.56 Å². The average Bonchev–Trinajstić information content (AvgIpc) is 2.77. The maximum atomic E-state index is 12.2. The molecule has 29 heavy (non-hydrogen) atoms. The number of rotatable bonds is 4. The van der Waals surface area contributed by atoms with Gasteiger partial charge in [0.2, 0.25) is 0 Å². The third-order valence-corrected chi connectivity index (χ3v) is 4.80. The maximum absolute atomic E-state index is 12.2. The zero-order valence-electron chi connectivity index (χ0n) is 16.1. The summed E-state index contributed by atoms with van der Waals surface area (Å²) in [5.41, 5.74) is 4.46. The van der Waals surface area contributed by atoms with Crippen molar-refractivity contribution in [2.45, 2.75) is 0 Å². The summed E-state index contributed by atoms with van der Waals surface area (Å²) in [5, 5.41) is 0.715.